The van der Waals surface area contributed by atoms with Crippen LogP contribution in [0.4, 0.5) is 4.39 Å². The molecule has 0 bridgehead atoms. The lowest BCUT2D eigenvalue weighted by Gasteiger charge is -2.21. The average Bonchev–Trinajstić information content (AvgIpc) is 2.96. The van der Waals surface area contributed by atoms with Gasteiger partial charge in [-0.25, -0.2) is 4.39 Å². The van der Waals surface area contributed by atoms with Gasteiger partial charge in [0, 0.05) is 26.0 Å². The molecule has 10 heteroatoms. The number of unbranched alkanes of at least 4 members (excludes halogenated alkanes) is 5. The van der Waals surface area contributed by atoms with Crippen molar-refractivity contribution < 1.29 is 47.3 Å². The van der Waals surface area contributed by atoms with E-state index < -0.39 is 48.1 Å². The van der Waals surface area contributed by atoms with E-state index in [1.54, 1.807) is 13.0 Å². The molecule has 1 rings (SSSR count). The Kier molecular flexibility index (Phi) is 21.2. The van der Waals surface area contributed by atoms with Crippen molar-refractivity contribution in [3.8, 4) is 5.75 Å². The summed E-state index contributed by atoms with van der Waals surface area (Å²) in [6.07, 6.45) is 9.10. The molecule has 45 heavy (non-hydrogen) atoms. The van der Waals surface area contributed by atoms with Gasteiger partial charge in [0.2, 0.25) is 0 Å². The molecule has 1 aromatic carbocycles. The molecule has 0 saturated carbocycles. The summed E-state index contributed by atoms with van der Waals surface area (Å²) in [5.74, 6) is -1.93. The first-order valence-electron chi connectivity index (χ1n) is 16.2. The molecule has 4 atom stereocenters. The van der Waals surface area contributed by atoms with Crippen molar-refractivity contribution in [2.45, 2.75) is 136 Å². The molecule has 1 aromatic rings. The number of ether oxygens (including phenoxy) is 5. The maximum Gasteiger partial charge on any atom is 0.309 e. The lowest BCUT2D eigenvalue weighted by Crippen LogP contribution is -2.29. The summed E-state index contributed by atoms with van der Waals surface area (Å²) in [6, 6.07) is 5.63. The average molecular weight is 637 g/mol. The number of hydrogen-bond acceptors (Lipinski definition) is 9. The van der Waals surface area contributed by atoms with Crippen molar-refractivity contribution in [1.29, 1.82) is 0 Å². The van der Waals surface area contributed by atoms with E-state index in [1.165, 1.54) is 51.5 Å². The minimum atomic E-state index is -0.779. The predicted octanol–water partition coefficient (Wildman–Crippen LogP) is 7.23. The van der Waals surface area contributed by atoms with E-state index in [-0.39, 0.29) is 38.1 Å². The standard InChI is InChI=1S/C35H53FO9/c1-6-8-10-11-12-13-14-18-30(20-26(3)37)44-35(40)23-31(17-9-7-2)45-33(38)21-27(4)43-34(39)24-32(41-5)25-42-29-19-15-16-28(36)22-29/h13-16,19,22,27,30-32H,6-12,17-18,20-21,23-25H2,1-5H3. The Morgan fingerprint density at radius 3 is 2.13 bits per heavy atom. The zero-order valence-electron chi connectivity index (χ0n) is 27.7. The van der Waals surface area contributed by atoms with Gasteiger partial charge >= 0.3 is 17.9 Å². The van der Waals surface area contributed by atoms with E-state index in [4.69, 9.17) is 23.7 Å². The van der Waals surface area contributed by atoms with Crippen LogP contribution < -0.4 is 4.74 Å². The van der Waals surface area contributed by atoms with Crippen molar-refractivity contribution in [3.63, 3.8) is 0 Å². The summed E-state index contributed by atoms with van der Waals surface area (Å²) >= 11 is 0. The number of Topliss-reactive ketones (excluding diaryl/α,β-unsaturated/α-hetero) is 1. The normalized spacial score (nSPS) is 13.9. The monoisotopic (exact) mass is 636 g/mol. The Hall–Kier alpha value is -3.27. The summed E-state index contributed by atoms with van der Waals surface area (Å²) in [5.41, 5.74) is 0. The topological polar surface area (TPSA) is 114 Å². The zero-order valence-corrected chi connectivity index (χ0v) is 27.7. The van der Waals surface area contributed by atoms with Crippen LogP contribution in [0.1, 0.15) is 111 Å². The number of hydrogen-bond donors (Lipinski definition) is 0. The fourth-order valence-corrected chi connectivity index (χ4v) is 4.53. The molecule has 0 heterocycles. The lowest BCUT2D eigenvalue weighted by molar-refractivity contribution is -0.161. The molecule has 0 radical (unpaired) electrons. The molecule has 0 saturated heterocycles. The molecular formula is C35H53FO9. The summed E-state index contributed by atoms with van der Waals surface area (Å²) in [6.45, 7) is 7.20. The van der Waals surface area contributed by atoms with E-state index in [0.717, 1.165) is 25.7 Å². The van der Waals surface area contributed by atoms with Gasteiger partial charge in [-0.3, -0.25) is 19.2 Å². The smallest absolute Gasteiger partial charge is 0.309 e. The van der Waals surface area contributed by atoms with Crippen LogP contribution in [0.3, 0.4) is 0 Å². The Morgan fingerprint density at radius 1 is 0.800 bits per heavy atom. The van der Waals surface area contributed by atoms with E-state index in [1.807, 2.05) is 13.0 Å². The number of allylic oxidation sites excluding steroid dienone is 1. The summed E-state index contributed by atoms with van der Waals surface area (Å²) in [5, 5.41) is 0. The van der Waals surface area contributed by atoms with Gasteiger partial charge in [0.1, 0.15) is 48.4 Å². The molecular weight excluding hydrogens is 583 g/mol. The second-order valence-corrected chi connectivity index (χ2v) is 11.4. The second kappa shape index (κ2) is 24.0. The van der Waals surface area contributed by atoms with Gasteiger partial charge in [0.05, 0.1) is 19.3 Å². The van der Waals surface area contributed by atoms with E-state index >= 15 is 0 Å². The first kappa shape index (κ1) is 39.8. The van der Waals surface area contributed by atoms with Crippen LogP contribution in [0, 0.1) is 5.82 Å². The van der Waals surface area contributed by atoms with Gasteiger partial charge in [-0.1, -0.05) is 64.2 Å². The second-order valence-electron chi connectivity index (χ2n) is 11.4. The van der Waals surface area contributed by atoms with Gasteiger partial charge in [-0.2, -0.15) is 0 Å². The number of rotatable bonds is 25. The summed E-state index contributed by atoms with van der Waals surface area (Å²) < 4.78 is 40.7. The highest BCUT2D eigenvalue weighted by atomic mass is 19.1. The van der Waals surface area contributed by atoms with Crippen molar-refractivity contribution in [2.24, 2.45) is 0 Å². The number of carbonyl (C=O) groups is 4. The molecule has 0 aromatic heterocycles. The maximum atomic E-state index is 13.4. The summed E-state index contributed by atoms with van der Waals surface area (Å²) in [4.78, 5) is 49.7. The first-order valence-corrected chi connectivity index (χ1v) is 16.2. The zero-order chi connectivity index (χ0) is 33.5. The third-order valence-corrected chi connectivity index (χ3v) is 6.92. The Morgan fingerprint density at radius 2 is 1.47 bits per heavy atom. The third kappa shape index (κ3) is 20.4. The highest BCUT2D eigenvalue weighted by Crippen LogP contribution is 2.17. The van der Waals surface area contributed by atoms with Gasteiger partial charge in [-0.15, -0.1) is 0 Å². The maximum absolute atomic E-state index is 13.4. The Labute approximate surface area is 268 Å². The minimum Gasteiger partial charge on any atom is -0.491 e. The van der Waals surface area contributed by atoms with Gasteiger partial charge in [-0.05, 0) is 45.2 Å². The fourth-order valence-electron chi connectivity index (χ4n) is 4.53. The van der Waals surface area contributed by atoms with Crippen LogP contribution in [0.2, 0.25) is 0 Å². The van der Waals surface area contributed by atoms with E-state index in [9.17, 15) is 23.6 Å². The number of halogens is 1. The highest BCUT2D eigenvalue weighted by molar-refractivity contribution is 5.77. The summed E-state index contributed by atoms with van der Waals surface area (Å²) in [7, 11) is 1.42. The van der Waals surface area contributed by atoms with Gasteiger partial charge < -0.3 is 23.7 Å². The molecule has 0 fully saturated rings. The van der Waals surface area contributed by atoms with Crippen molar-refractivity contribution in [3.05, 3.63) is 42.2 Å². The van der Waals surface area contributed by atoms with Crippen LogP contribution in [0.25, 0.3) is 0 Å². The minimum absolute atomic E-state index is 0.00327. The molecule has 0 spiro atoms. The molecule has 4 unspecified atom stereocenters. The number of benzene rings is 1. The van der Waals surface area contributed by atoms with Crippen molar-refractivity contribution >= 4 is 23.7 Å². The predicted molar refractivity (Wildman–Crippen MR) is 169 cm³/mol. The molecule has 0 aliphatic heterocycles. The van der Waals surface area contributed by atoms with Crippen LogP contribution in [-0.2, 0) is 38.1 Å². The van der Waals surface area contributed by atoms with Crippen LogP contribution in [-0.4, -0.2) is 61.8 Å². The molecule has 0 amide bonds. The van der Waals surface area contributed by atoms with E-state index in [2.05, 4.69) is 13.0 Å². The molecule has 9 nitrogen and oxygen atoms in total. The number of methoxy groups -OCH3 is 1. The largest absolute Gasteiger partial charge is 0.491 e. The quantitative estimate of drug-likeness (QED) is 0.0474. The SMILES string of the molecule is CCCCCCC=CCC(CC(C)=O)OC(=O)CC(CCCC)OC(=O)CC(C)OC(=O)CC(COc1cccc(F)c1)OC. The van der Waals surface area contributed by atoms with Crippen LogP contribution in [0.5, 0.6) is 5.75 Å². The molecule has 0 N–H and O–H groups in total. The van der Waals surface area contributed by atoms with Crippen molar-refractivity contribution in [2.75, 3.05) is 13.7 Å². The first-order chi connectivity index (χ1) is 21.6. The molecule has 0 aliphatic carbocycles. The number of carbonyl (C=O) groups excluding carboxylic acids is 4. The third-order valence-electron chi connectivity index (χ3n) is 6.92. The van der Waals surface area contributed by atoms with Gasteiger partial charge in [0.15, 0.2) is 0 Å². The Balaban J connectivity index is 2.57. The molecule has 254 valence electrons. The number of ketones is 1. The Bertz CT molecular complexity index is 1040. The van der Waals surface area contributed by atoms with Crippen LogP contribution >= 0.6 is 0 Å². The lowest BCUT2D eigenvalue weighted by atomic mass is 10.1. The highest BCUT2D eigenvalue weighted by Gasteiger charge is 2.24. The van der Waals surface area contributed by atoms with Gasteiger partial charge in [0.25, 0.3) is 0 Å². The van der Waals surface area contributed by atoms with Crippen LogP contribution in [0.15, 0.2) is 36.4 Å². The fraction of sp³-hybridized carbons (Fsp3) is 0.657. The number of esters is 3. The van der Waals surface area contributed by atoms with E-state index in [0.29, 0.717) is 18.6 Å². The van der Waals surface area contributed by atoms with Crippen molar-refractivity contribution in [1.82, 2.24) is 0 Å². The molecule has 0 aliphatic rings.